The minimum atomic E-state index is -0.687. The zero-order chi connectivity index (χ0) is 11.1. The molecule has 84 valence electrons. The SMILES string of the molecule is CC(=O)[C@H]1O[C@H]2C=C3CCC=CC3=C[C@H]2O1. The molecule has 2 aliphatic carbocycles. The Balaban J connectivity index is 1.87. The molecule has 0 aromatic heterocycles. The van der Waals surface area contributed by atoms with Crippen LogP contribution in [-0.4, -0.2) is 24.3 Å². The first-order valence-corrected chi connectivity index (χ1v) is 5.65. The van der Waals surface area contributed by atoms with Gasteiger partial charge in [0.1, 0.15) is 12.2 Å². The van der Waals surface area contributed by atoms with E-state index >= 15 is 0 Å². The summed E-state index contributed by atoms with van der Waals surface area (Å²) in [4.78, 5) is 11.2. The van der Waals surface area contributed by atoms with Gasteiger partial charge in [0.2, 0.25) is 6.29 Å². The number of fused-ring (bicyclic) bond motifs is 2. The van der Waals surface area contributed by atoms with Crippen LogP contribution in [0.1, 0.15) is 19.8 Å². The number of ether oxygens (including phenoxy) is 2. The van der Waals surface area contributed by atoms with Crippen LogP contribution in [0.25, 0.3) is 0 Å². The number of Topliss-reactive ketones (excluding diaryl/α,β-unsaturated/α-hetero) is 1. The fraction of sp³-hybridized carbons (Fsp3) is 0.462. The molecule has 3 aliphatic rings. The second kappa shape index (κ2) is 3.68. The molecule has 3 atom stereocenters. The number of hydrogen-bond donors (Lipinski definition) is 0. The quantitative estimate of drug-likeness (QED) is 0.674. The highest BCUT2D eigenvalue weighted by molar-refractivity contribution is 5.79. The molecular formula is C13H14O3. The lowest BCUT2D eigenvalue weighted by Crippen LogP contribution is -2.23. The van der Waals surface area contributed by atoms with Gasteiger partial charge >= 0.3 is 0 Å². The summed E-state index contributed by atoms with van der Waals surface area (Å²) in [6.45, 7) is 1.50. The molecule has 0 aromatic rings. The maximum atomic E-state index is 11.2. The normalized spacial score (nSPS) is 36.2. The summed E-state index contributed by atoms with van der Waals surface area (Å²) in [6, 6.07) is 0. The number of allylic oxidation sites excluding steroid dienone is 4. The van der Waals surface area contributed by atoms with Crippen LogP contribution in [0.5, 0.6) is 0 Å². The molecule has 1 saturated heterocycles. The predicted molar refractivity (Wildman–Crippen MR) is 58.8 cm³/mol. The van der Waals surface area contributed by atoms with Gasteiger partial charge in [0, 0.05) is 0 Å². The molecular weight excluding hydrogens is 204 g/mol. The molecule has 0 amide bonds. The van der Waals surface area contributed by atoms with Crippen molar-refractivity contribution in [1.82, 2.24) is 0 Å². The van der Waals surface area contributed by atoms with Gasteiger partial charge < -0.3 is 9.47 Å². The van der Waals surface area contributed by atoms with Gasteiger partial charge in [-0.15, -0.1) is 0 Å². The zero-order valence-electron chi connectivity index (χ0n) is 9.18. The second-order valence-corrected chi connectivity index (χ2v) is 4.40. The summed E-state index contributed by atoms with van der Waals surface area (Å²) in [5.41, 5.74) is 2.54. The monoisotopic (exact) mass is 218 g/mol. The van der Waals surface area contributed by atoms with E-state index < -0.39 is 6.29 Å². The fourth-order valence-corrected chi connectivity index (χ4v) is 2.35. The van der Waals surface area contributed by atoms with Crippen LogP contribution in [0.15, 0.2) is 35.5 Å². The molecule has 1 aliphatic heterocycles. The molecule has 3 rings (SSSR count). The molecule has 0 spiro atoms. The van der Waals surface area contributed by atoms with E-state index in [1.165, 1.54) is 18.1 Å². The summed E-state index contributed by atoms with van der Waals surface area (Å²) in [7, 11) is 0. The number of hydrogen-bond acceptors (Lipinski definition) is 3. The molecule has 0 saturated carbocycles. The van der Waals surface area contributed by atoms with Gasteiger partial charge in [0.15, 0.2) is 5.78 Å². The van der Waals surface area contributed by atoms with Crippen LogP contribution in [0, 0.1) is 0 Å². The lowest BCUT2D eigenvalue weighted by molar-refractivity contribution is -0.144. The Kier molecular flexibility index (Phi) is 2.30. The number of carbonyl (C=O) groups is 1. The molecule has 1 fully saturated rings. The lowest BCUT2D eigenvalue weighted by atomic mass is 9.88. The maximum Gasteiger partial charge on any atom is 0.218 e. The average molecular weight is 218 g/mol. The lowest BCUT2D eigenvalue weighted by Gasteiger charge is -2.22. The van der Waals surface area contributed by atoms with E-state index in [9.17, 15) is 4.79 Å². The molecule has 1 heterocycles. The highest BCUT2D eigenvalue weighted by Gasteiger charge is 2.38. The van der Waals surface area contributed by atoms with E-state index in [2.05, 4.69) is 24.3 Å². The summed E-state index contributed by atoms with van der Waals surface area (Å²) in [5, 5.41) is 0. The zero-order valence-corrected chi connectivity index (χ0v) is 9.18. The van der Waals surface area contributed by atoms with Crippen LogP contribution in [0.4, 0.5) is 0 Å². The van der Waals surface area contributed by atoms with Crippen LogP contribution in [-0.2, 0) is 14.3 Å². The van der Waals surface area contributed by atoms with E-state index in [0.29, 0.717) is 0 Å². The largest absolute Gasteiger partial charge is 0.335 e. The first-order valence-electron chi connectivity index (χ1n) is 5.65. The van der Waals surface area contributed by atoms with E-state index in [4.69, 9.17) is 9.47 Å². The average Bonchev–Trinajstić information content (AvgIpc) is 2.68. The molecule has 16 heavy (non-hydrogen) atoms. The van der Waals surface area contributed by atoms with Crippen LogP contribution in [0.3, 0.4) is 0 Å². The van der Waals surface area contributed by atoms with Crippen molar-refractivity contribution in [3.05, 3.63) is 35.5 Å². The summed E-state index contributed by atoms with van der Waals surface area (Å²) < 4.78 is 11.1. The van der Waals surface area contributed by atoms with Crippen molar-refractivity contribution in [3.63, 3.8) is 0 Å². The highest BCUT2D eigenvalue weighted by atomic mass is 16.7. The molecule has 0 aromatic carbocycles. The highest BCUT2D eigenvalue weighted by Crippen LogP contribution is 2.34. The Bertz CT molecular complexity index is 417. The Labute approximate surface area is 94.4 Å². The topological polar surface area (TPSA) is 35.5 Å². The van der Waals surface area contributed by atoms with Gasteiger partial charge in [-0.05, 0) is 43.1 Å². The van der Waals surface area contributed by atoms with Crippen molar-refractivity contribution in [3.8, 4) is 0 Å². The minimum Gasteiger partial charge on any atom is -0.335 e. The van der Waals surface area contributed by atoms with Crippen molar-refractivity contribution < 1.29 is 14.3 Å². The first-order chi connectivity index (χ1) is 7.74. The molecule has 0 bridgehead atoms. The molecule has 3 heteroatoms. The van der Waals surface area contributed by atoms with Crippen LogP contribution >= 0.6 is 0 Å². The molecule has 3 nitrogen and oxygen atoms in total. The van der Waals surface area contributed by atoms with Gasteiger partial charge in [-0.25, -0.2) is 0 Å². The third kappa shape index (κ3) is 1.56. The second-order valence-electron chi connectivity index (χ2n) is 4.40. The van der Waals surface area contributed by atoms with Crippen molar-refractivity contribution in [2.24, 2.45) is 0 Å². The van der Waals surface area contributed by atoms with E-state index in [-0.39, 0.29) is 18.0 Å². The molecule has 0 unspecified atom stereocenters. The Morgan fingerprint density at radius 3 is 2.81 bits per heavy atom. The maximum absolute atomic E-state index is 11.2. The number of rotatable bonds is 1. The van der Waals surface area contributed by atoms with Crippen molar-refractivity contribution in [1.29, 1.82) is 0 Å². The fourth-order valence-electron chi connectivity index (χ4n) is 2.35. The van der Waals surface area contributed by atoms with E-state index in [1.807, 2.05) is 0 Å². The number of ketones is 1. The molecule has 0 N–H and O–H groups in total. The number of carbonyl (C=O) groups excluding carboxylic acids is 1. The Hall–Kier alpha value is -1.19. The van der Waals surface area contributed by atoms with Crippen LogP contribution < -0.4 is 0 Å². The summed E-state index contributed by atoms with van der Waals surface area (Å²) in [5.74, 6) is -0.0651. The molecule has 0 radical (unpaired) electrons. The summed E-state index contributed by atoms with van der Waals surface area (Å²) in [6.07, 6.45) is 9.72. The van der Waals surface area contributed by atoms with E-state index in [0.717, 1.165) is 12.8 Å². The van der Waals surface area contributed by atoms with Crippen molar-refractivity contribution in [2.75, 3.05) is 0 Å². The minimum absolute atomic E-state index is 0.0651. The predicted octanol–water partition coefficient (Wildman–Crippen LogP) is 1.90. The Morgan fingerprint density at radius 2 is 2.06 bits per heavy atom. The van der Waals surface area contributed by atoms with Crippen molar-refractivity contribution in [2.45, 2.75) is 38.3 Å². The van der Waals surface area contributed by atoms with Gasteiger partial charge in [-0.1, -0.05) is 12.2 Å². The third-order valence-corrected chi connectivity index (χ3v) is 3.18. The van der Waals surface area contributed by atoms with Gasteiger partial charge in [0.05, 0.1) is 0 Å². The first kappa shape index (κ1) is 10.00. The third-order valence-electron chi connectivity index (χ3n) is 3.18. The Morgan fingerprint density at radius 1 is 1.31 bits per heavy atom. The van der Waals surface area contributed by atoms with Gasteiger partial charge in [-0.3, -0.25) is 4.79 Å². The van der Waals surface area contributed by atoms with Gasteiger partial charge in [0.25, 0.3) is 0 Å². The van der Waals surface area contributed by atoms with Gasteiger partial charge in [-0.2, -0.15) is 0 Å². The van der Waals surface area contributed by atoms with Crippen molar-refractivity contribution >= 4 is 5.78 Å². The van der Waals surface area contributed by atoms with E-state index in [1.54, 1.807) is 0 Å². The summed E-state index contributed by atoms with van der Waals surface area (Å²) >= 11 is 0. The van der Waals surface area contributed by atoms with Crippen LogP contribution in [0.2, 0.25) is 0 Å². The standard InChI is InChI=1S/C13H14O3/c1-8(14)13-15-11-6-9-4-2-3-5-10(9)7-12(11)16-13/h2,4,6-7,11-13H,3,5H2,1H3/t11-,12+,13-/m1/s1. The smallest absolute Gasteiger partial charge is 0.218 e.